The van der Waals surface area contributed by atoms with Crippen LogP contribution in [0.3, 0.4) is 0 Å². The normalized spacial score (nSPS) is 18.7. The van der Waals surface area contributed by atoms with Crippen molar-refractivity contribution in [1.82, 2.24) is 4.90 Å². The zero-order chi connectivity index (χ0) is 20.8. The van der Waals surface area contributed by atoms with Crippen LogP contribution in [-0.4, -0.2) is 61.8 Å². The summed E-state index contributed by atoms with van der Waals surface area (Å²) in [6.45, 7) is 13.0. The van der Waals surface area contributed by atoms with Crippen LogP contribution >= 0.6 is 0 Å². The van der Waals surface area contributed by atoms with Crippen LogP contribution in [0.2, 0.25) is 0 Å². The molecule has 2 aliphatic rings. The van der Waals surface area contributed by atoms with Crippen molar-refractivity contribution >= 4 is 22.8 Å². The molecule has 3 rings (SSSR count). The van der Waals surface area contributed by atoms with E-state index in [0.717, 1.165) is 36.7 Å². The molecule has 6 heteroatoms. The van der Waals surface area contributed by atoms with E-state index in [4.69, 9.17) is 19.9 Å². The first kappa shape index (κ1) is 21.1. The van der Waals surface area contributed by atoms with E-state index in [1.807, 2.05) is 19.1 Å². The average Bonchev–Trinajstić information content (AvgIpc) is 2.72. The Morgan fingerprint density at radius 1 is 1.14 bits per heavy atom. The second-order valence-corrected chi connectivity index (χ2v) is 7.38. The molecule has 1 aromatic rings. The first-order valence-corrected chi connectivity index (χ1v) is 10.5. The lowest BCUT2D eigenvalue weighted by Crippen LogP contribution is -2.39. The Morgan fingerprint density at radius 2 is 1.83 bits per heavy atom. The van der Waals surface area contributed by atoms with E-state index < -0.39 is 0 Å². The van der Waals surface area contributed by atoms with Crippen molar-refractivity contribution in [2.45, 2.75) is 33.7 Å². The van der Waals surface area contributed by atoms with Gasteiger partial charge in [-0.05, 0) is 58.0 Å². The molecule has 0 bridgehead atoms. The summed E-state index contributed by atoms with van der Waals surface area (Å²) >= 11 is 0. The van der Waals surface area contributed by atoms with E-state index in [2.05, 4.69) is 54.8 Å². The highest BCUT2D eigenvalue weighted by atomic mass is 16.5. The molecule has 1 saturated heterocycles. The SMILES string of the molecule is CCOC1=C/C(=N\c2ccc(N(CC)C(C)C)cc2)C(N2CCOCC2)=CC1=N. The monoisotopic (exact) mass is 396 g/mol. The number of hydrogen-bond donors (Lipinski definition) is 1. The minimum atomic E-state index is 0.387. The van der Waals surface area contributed by atoms with Gasteiger partial charge in [-0.3, -0.25) is 5.41 Å². The molecule has 0 aromatic heterocycles. The number of benzene rings is 1. The average molecular weight is 397 g/mol. The minimum Gasteiger partial charge on any atom is -0.492 e. The summed E-state index contributed by atoms with van der Waals surface area (Å²) in [5.74, 6) is 0.567. The Morgan fingerprint density at radius 3 is 2.41 bits per heavy atom. The van der Waals surface area contributed by atoms with E-state index in [0.29, 0.717) is 37.3 Å². The highest BCUT2D eigenvalue weighted by molar-refractivity contribution is 6.22. The van der Waals surface area contributed by atoms with E-state index in [9.17, 15) is 0 Å². The lowest BCUT2D eigenvalue weighted by molar-refractivity contribution is 0.0565. The lowest BCUT2D eigenvalue weighted by atomic mass is 10.0. The molecule has 0 radical (unpaired) electrons. The molecule has 1 aromatic carbocycles. The molecule has 156 valence electrons. The van der Waals surface area contributed by atoms with Gasteiger partial charge in [-0.25, -0.2) is 4.99 Å². The zero-order valence-corrected chi connectivity index (χ0v) is 17.9. The molecular weight excluding hydrogens is 364 g/mol. The predicted molar refractivity (Wildman–Crippen MR) is 120 cm³/mol. The van der Waals surface area contributed by atoms with Gasteiger partial charge in [-0.1, -0.05) is 0 Å². The Labute approximate surface area is 174 Å². The number of nitrogens with one attached hydrogen (secondary N) is 1. The topological polar surface area (TPSA) is 61.1 Å². The highest BCUT2D eigenvalue weighted by Gasteiger charge is 2.23. The number of nitrogens with zero attached hydrogens (tertiary/aromatic N) is 3. The third-order valence-electron chi connectivity index (χ3n) is 5.12. The van der Waals surface area contributed by atoms with E-state index in [-0.39, 0.29) is 0 Å². The van der Waals surface area contributed by atoms with Crippen molar-refractivity contribution in [3.05, 3.63) is 47.9 Å². The van der Waals surface area contributed by atoms with Crippen molar-refractivity contribution in [2.24, 2.45) is 4.99 Å². The number of morpholine rings is 1. The van der Waals surface area contributed by atoms with Crippen molar-refractivity contribution in [1.29, 1.82) is 5.41 Å². The van der Waals surface area contributed by atoms with Crippen molar-refractivity contribution in [3.63, 3.8) is 0 Å². The number of hydrogen-bond acceptors (Lipinski definition) is 6. The number of anilines is 1. The van der Waals surface area contributed by atoms with Crippen LogP contribution in [-0.2, 0) is 9.47 Å². The van der Waals surface area contributed by atoms with E-state index in [1.54, 1.807) is 0 Å². The molecule has 0 unspecified atom stereocenters. The summed E-state index contributed by atoms with van der Waals surface area (Å²) in [4.78, 5) is 9.50. The maximum atomic E-state index is 8.32. The Bertz CT molecular complexity index is 803. The van der Waals surface area contributed by atoms with Crippen LogP contribution in [0, 0.1) is 5.41 Å². The first-order valence-electron chi connectivity index (χ1n) is 10.5. The summed E-state index contributed by atoms with van der Waals surface area (Å²) < 4.78 is 11.1. The Kier molecular flexibility index (Phi) is 7.09. The summed E-state index contributed by atoms with van der Waals surface area (Å²) in [7, 11) is 0. The van der Waals surface area contributed by atoms with Gasteiger partial charge in [-0.2, -0.15) is 0 Å². The number of aliphatic imine (C=N–C) groups is 1. The maximum Gasteiger partial charge on any atom is 0.146 e. The zero-order valence-electron chi connectivity index (χ0n) is 17.9. The fraction of sp³-hybridized carbons (Fsp3) is 0.478. The fourth-order valence-electron chi connectivity index (χ4n) is 3.68. The molecule has 29 heavy (non-hydrogen) atoms. The largest absolute Gasteiger partial charge is 0.492 e. The van der Waals surface area contributed by atoms with Crippen molar-refractivity contribution in [3.8, 4) is 0 Å². The molecule has 1 aliphatic carbocycles. The Balaban J connectivity index is 1.91. The molecule has 0 spiro atoms. The fourth-order valence-corrected chi connectivity index (χ4v) is 3.68. The Hall–Kier alpha value is -2.60. The molecule has 0 saturated carbocycles. The van der Waals surface area contributed by atoms with Crippen molar-refractivity contribution in [2.75, 3.05) is 44.4 Å². The van der Waals surface area contributed by atoms with Crippen LogP contribution in [0.1, 0.15) is 27.7 Å². The van der Waals surface area contributed by atoms with Gasteiger partial charge >= 0.3 is 0 Å². The van der Waals surface area contributed by atoms with Crippen LogP contribution in [0.25, 0.3) is 0 Å². The van der Waals surface area contributed by atoms with E-state index in [1.165, 1.54) is 5.69 Å². The number of rotatable bonds is 7. The van der Waals surface area contributed by atoms with Gasteiger partial charge in [0.25, 0.3) is 0 Å². The van der Waals surface area contributed by atoms with Gasteiger partial charge in [-0.15, -0.1) is 0 Å². The summed E-state index contributed by atoms with van der Waals surface area (Å²) in [6, 6.07) is 8.81. The standard InChI is InChI=1S/C23H32N4O2/c1-5-27(17(3)4)19-9-7-18(8-10-19)25-21-16-23(29-6-2)20(24)15-22(21)26-11-13-28-14-12-26/h7-10,15-17,24H,5-6,11-14H2,1-4H3/b24-20?,25-21+. The number of allylic oxidation sites excluding steroid dienone is 2. The van der Waals surface area contributed by atoms with Gasteiger partial charge in [0.1, 0.15) is 5.76 Å². The smallest absolute Gasteiger partial charge is 0.146 e. The van der Waals surface area contributed by atoms with Gasteiger partial charge in [0.2, 0.25) is 0 Å². The van der Waals surface area contributed by atoms with Gasteiger partial charge in [0.15, 0.2) is 0 Å². The molecule has 1 fully saturated rings. The summed E-state index contributed by atoms with van der Waals surface area (Å²) in [5, 5.41) is 8.32. The highest BCUT2D eigenvalue weighted by Crippen LogP contribution is 2.25. The van der Waals surface area contributed by atoms with Crippen LogP contribution < -0.4 is 4.90 Å². The molecule has 0 atom stereocenters. The first-order chi connectivity index (χ1) is 14.0. The van der Waals surface area contributed by atoms with Crippen LogP contribution in [0.4, 0.5) is 11.4 Å². The molecular formula is C23H32N4O2. The quantitative estimate of drug-likeness (QED) is 0.703. The molecule has 6 nitrogen and oxygen atoms in total. The van der Waals surface area contributed by atoms with E-state index >= 15 is 0 Å². The van der Waals surface area contributed by atoms with Gasteiger partial charge in [0.05, 0.1) is 42.6 Å². The molecule has 1 heterocycles. The molecule has 1 aliphatic heterocycles. The third-order valence-corrected chi connectivity index (χ3v) is 5.12. The van der Waals surface area contributed by atoms with Crippen LogP contribution in [0.15, 0.2) is 52.9 Å². The number of ether oxygens (including phenoxy) is 2. The molecule has 0 amide bonds. The minimum absolute atomic E-state index is 0.387. The third kappa shape index (κ3) is 5.07. The second kappa shape index (κ2) is 9.74. The summed E-state index contributed by atoms with van der Waals surface area (Å²) in [6.07, 6.45) is 3.75. The summed E-state index contributed by atoms with van der Waals surface area (Å²) in [5.41, 5.74) is 4.27. The second-order valence-electron chi connectivity index (χ2n) is 7.38. The predicted octanol–water partition coefficient (Wildman–Crippen LogP) is 4.16. The van der Waals surface area contributed by atoms with Gasteiger partial charge in [0, 0.05) is 37.4 Å². The maximum absolute atomic E-state index is 8.32. The lowest BCUT2D eigenvalue weighted by Gasteiger charge is -2.32. The van der Waals surface area contributed by atoms with Crippen molar-refractivity contribution < 1.29 is 9.47 Å². The van der Waals surface area contributed by atoms with Gasteiger partial charge < -0.3 is 19.3 Å². The van der Waals surface area contributed by atoms with Crippen LogP contribution in [0.5, 0.6) is 0 Å². The molecule has 1 N–H and O–H groups in total.